The standard InChI is InChI=1S/C17H12/c1-2-3-6-13-9-10-17-15(11-13)12-14-7-4-5-8-16(14)17/h1,3-11H,12H2/b6-3-. The summed E-state index contributed by atoms with van der Waals surface area (Å²) in [4.78, 5) is 0. The van der Waals surface area contributed by atoms with E-state index in [1.54, 1.807) is 6.08 Å². The van der Waals surface area contributed by atoms with Crippen molar-refractivity contribution in [1.29, 1.82) is 0 Å². The van der Waals surface area contributed by atoms with E-state index in [-0.39, 0.29) is 0 Å². The first-order valence-corrected chi connectivity index (χ1v) is 5.72. The van der Waals surface area contributed by atoms with Crippen LogP contribution in [0.15, 0.2) is 48.5 Å². The van der Waals surface area contributed by atoms with Gasteiger partial charge in [0.15, 0.2) is 0 Å². The average Bonchev–Trinajstić information content (AvgIpc) is 2.74. The first-order chi connectivity index (χ1) is 8.38. The Labute approximate surface area is 102 Å². The molecule has 80 valence electrons. The lowest BCUT2D eigenvalue weighted by Crippen LogP contribution is -1.81. The van der Waals surface area contributed by atoms with E-state index in [1.165, 1.54) is 27.8 Å². The van der Waals surface area contributed by atoms with Gasteiger partial charge in [0.05, 0.1) is 0 Å². The minimum atomic E-state index is 1.03. The molecule has 1 aliphatic carbocycles. The van der Waals surface area contributed by atoms with Crippen molar-refractivity contribution in [2.45, 2.75) is 6.42 Å². The van der Waals surface area contributed by atoms with Crippen LogP contribution in [0.1, 0.15) is 16.7 Å². The summed E-state index contributed by atoms with van der Waals surface area (Å²) in [5.74, 6) is 2.52. The lowest BCUT2D eigenvalue weighted by Gasteiger charge is -2.01. The topological polar surface area (TPSA) is 0 Å². The number of benzene rings is 2. The highest BCUT2D eigenvalue weighted by atomic mass is 14.2. The quantitative estimate of drug-likeness (QED) is 0.541. The third kappa shape index (κ3) is 1.66. The predicted octanol–water partition coefficient (Wildman–Crippen LogP) is 3.90. The lowest BCUT2D eigenvalue weighted by molar-refractivity contribution is 1.26. The molecule has 0 spiro atoms. The highest BCUT2D eigenvalue weighted by Crippen LogP contribution is 2.36. The number of hydrogen-bond acceptors (Lipinski definition) is 0. The van der Waals surface area contributed by atoms with Crippen LogP contribution in [0.3, 0.4) is 0 Å². The summed E-state index contributed by atoms with van der Waals surface area (Å²) in [6.45, 7) is 0. The molecule has 0 heteroatoms. The lowest BCUT2D eigenvalue weighted by atomic mass is 10.0. The first-order valence-electron chi connectivity index (χ1n) is 5.72. The van der Waals surface area contributed by atoms with Gasteiger partial charge in [-0.25, -0.2) is 0 Å². The number of allylic oxidation sites excluding steroid dienone is 1. The molecule has 0 aromatic heterocycles. The fraction of sp³-hybridized carbons (Fsp3) is 0.0588. The van der Waals surface area contributed by atoms with Crippen LogP contribution in [0.2, 0.25) is 0 Å². The molecule has 3 rings (SSSR count). The fourth-order valence-corrected chi connectivity index (χ4v) is 2.41. The number of rotatable bonds is 1. The summed E-state index contributed by atoms with van der Waals surface area (Å²) >= 11 is 0. The normalized spacial score (nSPS) is 12.2. The van der Waals surface area contributed by atoms with Crippen molar-refractivity contribution in [3.8, 4) is 23.5 Å². The molecule has 0 nitrogen and oxygen atoms in total. The van der Waals surface area contributed by atoms with Gasteiger partial charge in [0.2, 0.25) is 0 Å². The largest absolute Gasteiger partial charge is 0.115 e. The second-order valence-corrected chi connectivity index (χ2v) is 4.25. The zero-order chi connectivity index (χ0) is 11.7. The molecule has 0 bridgehead atoms. The van der Waals surface area contributed by atoms with E-state index < -0.39 is 0 Å². The van der Waals surface area contributed by atoms with Gasteiger partial charge >= 0.3 is 0 Å². The first kappa shape index (κ1) is 9.93. The summed E-state index contributed by atoms with van der Waals surface area (Å²) < 4.78 is 0. The average molecular weight is 216 g/mol. The van der Waals surface area contributed by atoms with Gasteiger partial charge < -0.3 is 0 Å². The van der Waals surface area contributed by atoms with Crippen molar-refractivity contribution in [2.75, 3.05) is 0 Å². The Hall–Kier alpha value is -2.26. The molecule has 0 aliphatic heterocycles. The molecule has 0 saturated heterocycles. The van der Waals surface area contributed by atoms with E-state index in [0.29, 0.717) is 0 Å². The van der Waals surface area contributed by atoms with Gasteiger partial charge in [-0.3, -0.25) is 0 Å². The van der Waals surface area contributed by atoms with Gasteiger partial charge in [-0.2, -0.15) is 0 Å². The van der Waals surface area contributed by atoms with Crippen LogP contribution >= 0.6 is 0 Å². The van der Waals surface area contributed by atoms with Crippen molar-refractivity contribution in [3.05, 3.63) is 65.2 Å². The maximum atomic E-state index is 5.22. The maximum Gasteiger partial charge on any atom is -0.00132 e. The van der Waals surface area contributed by atoms with Gasteiger partial charge in [0.25, 0.3) is 0 Å². The fourth-order valence-electron chi connectivity index (χ4n) is 2.41. The SMILES string of the molecule is C#C/C=C\c1ccc2c(c1)Cc1ccccc1-2. The van der Waals surface area contributed by atoms with Crippen LogP contribution < -0.4 is 0 Å². The Morgan fingerprint density at radius 3 is 2.71 bits per heavy atom. The van der Waals surface area contributed by atoms with Crippen LogP contribution in [0, 0.1) is 12.3 Å². The van der Waals surface area contributed by atoms with Crippen molar-refractivity contribution in [1.82, 2.24) is 0 Å². The van der Waals surface area contributed by atoms with Crippen molar-refractivity contribution in [2.24, 2.45) is 0 Å². The zero-order valence-corrected chi connectivity index (χ0v) is 9.48. The Balaban J connectivity index is 2.07. The molecule has 0 amide bonds. The minimum absolute atomic E-state index is 1.03. The van der Waals surface area contributed by atoms with Gasteiger partial charge in [-0.15, -0.1) is 6.42 Å². The highest BCUT2D eigenvalue weighted by Gasteiger charge is 2.17. The van der Waals surface area contributed by atoms with Crippen LogP contribution in [-0.4, -0.2) is 0 Å². The summed E-state index contributed by atoms with van der Waals surface area (Å²) in [6.07, 6.45) is 9.97. The third-order valence-corrected chi connectivity index (χ3v) is 3.19. The molecule has 0 atom stereocenters. The number of hydrogen-bond donors (Lipinski definition) is 0. The van der Waals surface area contributed by atoms with E-state index >= 15 is 0 Å². The molecule has 0 fully saturated rings. The molecule has 0 heterocycles. The summed E-state index contributed by atoms with van der Waals surface area (Å²) in [6, 6.07) is 15.1. The molecule has 0 N–H and O–H groups in total. The third-order valence-electron chi connectivity index (χ3n) is 3.19. The summed E-state index contributed by atoms with van der Waals surface area (Å²) in [7, 11) is 0. The predicted molar refractivity (Wildman–Crippen MR) is 72.6 cm³/mol. The molecule has 17 heavy (non-hydrogen) atoms. The van der Waals surface area contributed by atoms with Crippen LogP contribution in [0.5, 0.6) is 0 Å². The van der Waals surface area contributed by atoms with E-state index in [4.69, 9.17) is 6.42 Å². The number of fused-ring (bicyclic) bond motifs is 3. The summed E-state index contributed by atoms with van der Waals surface area (Å²) in [5, 5.41) is 0. The second kappa shape index (κ2) is 3.96. The molecule has 0 unspecified atom stereocenters. The monoisotopic (exact) mass is 216 g/mol. The van der Waals surface area contributed by atoms with Gasteiger partial charge in [-0.05, 0) is 46.4 Å². The van der Waals surface area contributed by atoms with Crippen molar-refractivity contribution < 1.29 is 0 Å². The van der Waals surface area contributed by atoms with Gasteiger partial charge in [0.1, 0.15) is 0 Å². The van der Waals surface area contributed by atoms with Gasteiger partial charge in [0, 0.05) is 0 Å². The van der Waals surface area contributed by atoms with Crippen molar-refractivity contribution >= 4 is 6.08 Å². The van der Waals surface area contributed by atoms with E-state index in [2.05, 4.69) is 48.4 Å². The van der Waals surface area contributed by atoms with Crippen LogP contribution in [-0.2, 0) is 6.42 Å². The Morgan fingerprint density at radius 2 is 1.82 bits per heavy atom. The Morgan fingerprint density at radius 1 is 1.00 bits per heavy atom. The van der Waals surface area contributed by atoms with Gasteiger partial charge in [-0.1, -0.05) is 48.4 Å². The van der Waals surface area contributed by atoms with E-state index in [1.807, 2.05) is 6.08 Å². The van der Waals surface area contributed by atoms with Crippen LogP contribution in [0.4, 0.5) is 0 Å². The Bertz CT molecular complexity index is 639. The summed E-state index contributed by atoms with van der Waals surface area (Å²) in [5.41, 5.74) is 6.72. The molecule has 0 saturated carbocycles. The smallest absolute Gasteiger partial charge is 0.00132 e. The molecular formula is C17H12. The molecule has 2 aromatic rings. The molecule has 1 aliphatic rings. The molecule has 2 aromatic carbocycles. The molecule has 0 radical (unpaired) electrons. The minimum Gasteiger partial charge on any atom is -0.115 e. The van der Waals surface area contributed by atoms with E-state index in [0.717, 1.165) is 6.42 Å². The zero-order valence-electron chi connectivity index (χ0n) is 9.48. The van der Waals surface area contributed by atoms with Crippen LogP contribution in [0.25, 0.3) is 17.2 Å². The molecular weight excluding hydrogens is 204 g/mol. The van der Waals surface area contributed by atoms with E-state index in [9.17, 15) is 0 Å². The van der Waals surface area contributed by atoms with Crippen molar-refractivity contribution in [3.63, 3.8) is 0 Å². The second-order valence-electron chi connectivity index (χ2n) is 4.25. The number of terminal acetylenes is 1. The highest BCUT2D eigenvalue weighted by molar-refractivity contribution is 5.78. The maximum absolute atomic E-state index is 5.22. The Kier molecular flexibility index (Phi) is 2.31.